The summed E-state index contributed by atoms with van der Waals surface area (Å²) in [5.41, 5.74) is 7.94. The number of halogens is 2. The Balaban J connectivity index is 0.000000174. The summed E-state index contributed by atoms with van der Waals surface area (Å²) >= 11 is 0. The summed E-state index contributed by atoms with van der Waals surface area (Å²) in [7, 11) is 0. The number of aromatic carboxylic acids is 1. The van der Waals surface area contributed by atoms with E-state index in [2.05, 4.69) is 65.9 Å². The Hall–Kier alpha value is -7.94. The molecule has 0 aliphatic carbocycles. The Labute approximate surface area is 358 Å². The maximum Gasteiger partial charge on any atom is 0.337 e. The topological polar surface area (TPSA) is 279 Å². The number of aromatic amines is 2. The van der Waals surface area contributed by atoms with E-state index in [1.165, 1.54) is 48.9 Å². The number of benzene rings is 2. The van der Waals surface area contributed by atoms with Crippen LogP contribution >= 0.6 is 0 Å². The second kappa shape index (κ2) is 19.2. The van der Waals surface area contributed by atoms with Crippen LogP contribution in [0.25, 0.3) is 45.6 Å². The molecular weight excluding hydrogens is 819 g/mol. The number of carbonyl (C=O) groups is 2. The number of H-pyrrole nitrogens is 2. The van der Waals surface area contributed by atoms with Crippen LogP contribution in [0, 0.1) is 25.5 Å². The smallest absolute Gasteiger partial charge is 0.337 e. The molecule has 1 amide bonds. The number of aryl methyl sites for hydroxylation is 2. The first-order valence-corrected chi connectivity index (χ1v) is 19.1. The van der Waals surface area contributed by atoms with Gasteiger partial charge >= 0.3 is 5.97 Å². The number of carboxylic acid groups (broad SMARTS) is 1. The number of rotatable bonds is 11. The average molecular weight is 861 g/mol. The SMILES string of the molecule is CC(C)(CN)c1nc(-c2ccc(F)cc2)n[nH]1.Cc1nc(-c2cncc(C(=O)NCC(C)(C)c3nc(-c4ccc(F)cc4)n[nH]3)c2)no1.Cc1nc(-c2cncc(C(=O)O)c2)no1. The highest BCUT2D eigenvalue weighted by molar-refractivity contribution is 5.95. The number of hydrogen-bond donors (Lipinski definition) is 5. The number of nitrogens with two attached hydrogens (primary N) is 1. The normalized spacial score (nSPS) is 11.3. The van der Waals surface area contributed by atoms with Gasteiger partial charge in [0.1, 0.15) is 23.3 Å². The Morgan fingerprint density at radius 2 is 1.10 bits per heavy atom. The molecule has 0 atom stereocenters. The van der Waals surface area contributed by atoms with Gasteiger partial charge in [-0.05, 0) is 60.7 Å². The highest BCUT2D eigenvalue weighted by Gasteiger charge is 2.27. The van der Waals surface area contributed by atoms with Crippen LogP contribution in [-0.2, 0) is 10.8 Å². The van der Waals surface area contributed by atoms with Crippen molar-refractivity contribution in [3.63, 3.8) is 0 Å². The minimum absolute atomic E-state index is 0.0925. The molecule has 0 unspecified atom stereocenters. The average Bonchev–Trinajstić information content (AvgIpc) is 4.13. The van der Waals surface area contributed by atoms with Gasteiger partial charge in [-0.3, -0.25) is 25.0 Å². The lowest BCUT2D eigenvalue weighted by molar-refractivity contribution is 0.0696. The Kier molecular flexibility index (Phi) is 13.6. The summed E-state index contributed by atoms with van der Waals surface area (Å²) in [6, 6.07) is 15.1. The van der Waals surface area contributed by atoms with E-state index in [0.717, 1.165) is 11.4 Å². The molecule has 8 aromatic rings. The van der Waals surface area contributed by atoms with Gasteiger partial charge in [-0.1, -0.05) is 38.0 Å². The van der Waals surface area contributed by atoms with E-state index in [-0.39, 0.29) is 28.5 Å². The van der Waals surface area contributed by atoms with Gasteiger partial charge in [-0.15, -0.1) is 0 Å². The molecule has 21 heteroatoms. The van der Waals surface area contributed by atoms with E-state index in [1.54, 1.807) is 50.4 Å². The molecule has 19 nitrogen and oxygen atoms in total. The highest BCUT2D eigenvalue weighted by Crippen LogP contribution is 2.24. The highest BCUT2D eigenvalue weighted by atomic mass is 19.1. The summed E-state index contributed by atoms with van der Waals surface area (Å²) in [4.78, 5) is 48.3. The second-order valence-corrected chi connectivity index (χ2v) is 15.2. The summed E-state index contributed by atoms with van der Waals surface area (Å²) in [6.45, 7) is 12.0. The third-order valence-corrected chi connectivity index (χ3v) is 9.22. The van der Waals surface area contributed by atoms with Gasteiger partial charge in [-0.2, -0.15) is 20.2 Å². The molecule has 0 spiro atoms. The van der Waals surface area contributed by atoms with Gasteiger partial charge in [0, 0.05) is 84.8 Å². The van der Waals surface area contributed by atoms with Crippen molar-refractivity contribution in [1.82, 2.24) is 65.9 Å². The molecule has 63 heavy (non-hydrogen) atoms. The molecule has 2 aromatic carbocycles. The number of pyridine rings is 2. The Morgan fingerprint density at radius 3 is 1.52 bits per heavy atom. The number of nitrogens with one attached hydrogen (secondary N) is 3. The van der Waals surface area contributed by atoms with Crippen molar-refractivity contribution in [2.75, 3.05) is 13.1 Å². The lowest BCUT2D eigenvalue weighted by Crippen LogP contribution is -2.37. The lowest BCUT2D eigenvalue weighted by Gasteiger charge is -2.22. The van der Waals surface area contributed by atoms with E-state index in [9.17, 15) is 18.4 Å². The van der Waals surface area contributed by atoms with Crippen LogP contribution in [-0.4, -0.2) is 90.7 Å². The monoisotopic (exact) mass is 860 g/mol. The third kappa shape index (κ3) is 11.5. The van der Waals surface area contributed by atoms with Crippen molar-refractivity contribution in [3.05, 3.63) is 132 Å². The van der Waals surface area contributed by atoms with Gasteiger partial charge in [-0.25, -0.2) is 23.5 Å². The van der Waals surface area contributed by atoms with Crippen molar-refractivity contribution in [2.24, 2.45) is 5.73 Å². The maximum atomic E-state index is 13.1. The van der Waals surface area contributed by atoms with Crippen molar-refractivity contribution >= 4 is 11.9 Å². The zero-order valence-electron chi connectivity index (χ0n) is 34.9. The third-order valence-electron chi connectivity index (χ3n) is 9.22. The molecule has 8 rings (SSSR count). The van der Waals surface area contributed by atoms with Gasteiger partial charge in [0.25, 0.3) is 5.91 Å². The fraction of sp³-hybridized carbons (Fsp3) is 0.238. The molecule has 0 aliphatic rings. The maximum absolute atomic E-state index is 13.1. The van der Waals surface area contributed by atoms with Gasteiger partial charge in [0.05, 0.1) is 11.1 Å². The van der Waals surface area contributed by atoms with Crippen molar-refractivity contribution < 1.29 is 32.5 Å². The molecule has 0 saturated carbocycles. The van der Waals surface area contributed by atoms with E-state index < -0.39 is 11.4 Å². The first kappa shape index (κ1) is 44.6. The first-order valence-electron chi connectivity index (χ1n) is 19.1. The number of hydrogen-bond acceptors (Lipinski definition) is 15. The first-order chi connectivity index (χ1) is 30.0. The molecule has 0 aliphatic heterocycles. The van der Waals surface area contributed by atoms with Gasteiger partial charge < -0.3 is 25.2 Å². The molecular formula is C42H42F2N14O5. The molecule has 0 bridgehead atoms. The van der Waals surface area contributed by atoms with Crippen LogP contribution in [0.15, 0.2) is 94.5 Å². The van der Waals surface area contributed by atoms with Crippen molar-refractivity contribution in [1.29, 1.82) is 0 Å². The number of carbonyl (C=O) groups excluding carboxylic acids is 1. The molecule has 0 saturated heterocycles. The van der Waals surface area contributed by atoms with Crippen LogP contribution in [0.2, 0.25) is 0 Å². The largest absolute Gasteiger partial charge is 0.478 e. The van der Waals surface area contributed by atoms with Crippen LogP contribution in [0.5, 0.6) is 0 Å². The number of aromatic nitrogens is 12. The standard InChI is InChI=1S/C21H20FN7O2.C12H15FN4.C9H7N3O3/c1-12-25-18(29-31-12)14-8-15(10-23-9-14)19(30)24-11-21(2,3)20-26-17(27-28-20)13-4-6-16(22)7-5-13;1-12(2,7-14)11-15-10(16-17-11)8-3-5-9(13)6-4-8;1-5-11-8(12-15-5)6-2-7(9(13)14)4-10-3-6/h4-10H,11H2,1-3H3,(H,24,30)(H,26,27,28);3-6H,7,14H2,1-2H3,(H,15,16,17);2-4H,1H3,(H,13,14). The summed E-state index contributed by atoms with van der Waals surface area (Å²) in [5, 5.41) is 33.3. The lowest BCUT2D eigenvalue weighted by atomic mass is 9.92. The Bertz CT molecular complexity index is 2800. The van der Waals surface area contributed by atoms with Gasteiger partial charge in [0.2, 0.25) is 23.4 Å². The molecule has 6 aromatic heterocycles. The van der Waals surface area contributed by atoms with Gasteiger partial charge in [0.15, 0.2) is 11.6 Å². The Morgan fingerprint density at radius 1 is 0.651 bits per heavy atom. The van der Waals surface area contributed by atoms with E-state index in [0.29, 0.717) is 76.2 Å². The summed E-state index contributed by atoms with van der Waals surface area (Å²) < 4.78 is 35.7. The summed E-state index contributed by atoms with van der Waals surface area (Å²) in [6.07, 6.45) is 5.78. The molecule has 324 valence electrons. The fourth-order valence-electron chi connectivity index (χ4n) is 5.37. The zero-order chi connectivity index (χ0) is 45.3. The van der Waals surface area contributed by atoms with E-state index >= 15 is 0 Å². The van der Waals surface area contributed by atoms with Crippen LogP contribution in [0.1, 0.15) is 71.8 Å². The predicted molar refractivity (Wildman–Crippen MR) is 222 cm³/mol. The molecule has 0 fully saturated rings. The molecule has 6 N–H and O–H groups in total. The van der Waals surface area contributed by atoms with Crippen molar-refractivity contribution in [2.45, 2.75) is 52.4 Å². The predicted octanol–water partition coefficient (Wildman–Crippen LogP) is 6.06. The van der Waals surface area contributed by atoms with Crippen LogP contribution in [0.3, 0.4) is 0 Å². The zero-order valence-corrected chi connectivity index (χ0v) is 34.9. The summed E-state index contributed by atoms with van der Waals surface area (Å²) in [5.74, 6) is 1.99. The second-order valence-electron chi connectivity index (χ2n) is 15.2. The van der Waals surface area contributed by atoms with Crippen LogP contribution in [0.4, 0.5) is 8.78 Å². The molecule has 6 heterocycles. The fourth-order valence-corrected chi connectivity index (χ4v) is 5.37. The number of carboxylic acids is 1. The molecule has 0 radical (unpaired) electrons. The van der Waals surface area contributed by atoms with Crippen molar-refractivity contribution in [3.8, 4) is 45.6 Å². The number of nitrogens with zero attached hydrogens (tertiary/aromatic N) is 10. The van der Waals surface area contributed by atoms with E-state index in [4.69, 9.17) is 19.9 Å². The minimum atomic E-state index is -1.04. The quantitative estimate of drug-likeness (QED) is 0.0988. The van der Waals surface area contributed by atoms with Crippen LogP contribution < -0.4 is 11.1 Å². The number of amides is 1. The van der Waals surface area contributed by atoms with E-state index in [1.807, 2.05) is 27.7 Å². The minimum Gasteiger partial charge on any atom is -0.478 e.